The highest BCUT2D eigenvalue weighted by Gasteiger charge is 2.26. The number of fused-ring (bicyclic) bond motifs is 21. The van der Waals surface area contributed by atoms with Gasteiger partial charge in [0.25, 0.3) is 0 Å². The van der Waals surface area contributed by atoms with Crippen LogP contribution < -0.4 is 0 Å². The third-order valence-corrected chi connectivity index (χ3v) is 29.4. The van der Waals surface area contributed by atoms with Crippen molar-refractivity contribution in [1.29, 1.82) is 0 Å². The molecular formula is C136H89N9. The van der Waals surface area contributed by atoms with Gasteiger partial charge in [0.15, 0.2) is 0 Å². The molecule has 22 aromatic carbocycles. The molecule has 0 unspecified atom stereocenters. The van der Waals surface area contributed by atoms with Crippen LogP contribution in [0.3, 0.4) is 0 Å². The maximum Gasteiger partial charge on any atom is 0.238 e. The van der Waals surface area contributed by atoms with Gasteiger partial charge in [0.1, 0.15) is 11.6 Å². The Morgan fingerprint density at radius 3 is 0.545 bits per heavy atom. The van der Waals surface area contributed by atoms with Crippen molar-refractivity contribution >= 4 is 153 Å². The van der Waals surface area contributed by atoms with E-state index in [4.69, 9.17) is 9.97 Å². The highest BCUT2D eigenvalue weighted by Crippen LogP contribution is 2.45. The van der Waals surface area contributed by atoms with Crippen LogP contribution in [0.5, 0.6) is 0 Å². The minimum atomic E-state index is 0.628. The Kier molecular flexibility index (Phi) is 20.1. The molecule has 678 valence electrons. The molecule has 8 heterocycles. The molecule has 0 N–H and O–H groups in total. The van der Waals surface area contributed by atoms with Gasteiger partial charge in [-0.05, 0) is 224 Å². The van der Waals surface area contributed by atoms with Gasteiger partial charge in [-0.1, -0.05) is 376 Å². The lowest BCUT2D eigenvalue weighted by molar-refractivity contribution is 0.918. The summed E-state index contributed by atoms with van der Waals surface area (Å²) < 4.78 is 16.3. The van der Waals surface area contributed by atoms with Crippen LogP contribution >= 0.6 is 0 Å². The van der Waals surface area contributed by atoms with Gasteiger partial charge in [-0.15, -0.1) is 0 Å². The highest BCUT2D eigenvalue weighted by atomic mass is 15.2. The molecule has 30 rings (SSSR count). The topological polar surface area (TPSA) is 60.3 Å². The molecule has 0 saturated heterocycles. The molecule has 0 aliphatic rings. The quantitative estimate of drug-likeness (QED) is 0.115. The summed E-state index contributed by atoms with van der Waals surface area (Å²) in [6, 6.07) is 194. The van der Waals surface area contributed by atoms with Gasteiger partial charge in [0, 0.05) is 104 Å². The van der Waals surface area contributed by atoms with Crippen molar-refractivity contribution in [3.8, 4) is 107 Å². The second-order valence-corrected chi connectivity index (χ2v) is 37.5. The lowest BCUT2D eigenvalue weighted by Gasteiger charge is -2.15. The van der Waals surface area contributed by atoms with Crippen molar-refractivity contribution in [3.63, 3.8) is 0 Å². The highest BCUT2D eigenvalue weighted by molar-refractivity contribution is 6.17. The van der Waals surface area contributed by atoms with E-state index in [1.165, 1.54) is 186 Å². The summed E-state index contributed by atoms with van der Waals surface area (Å²) in [5, 5.41) is 17.2. The summed E-state index contributed by atoms with van der Waals surface area (Å²) in [5.74, 6) is 2.26. The van der Waals surface area contributed by atoms with Crippen molar-refractivity contribution in [3.05, 3.63) is 540 Å². The van der Waals surface area contributed by atoms with Crippen molar-refractivity contribution in [2.45, 2.75) is 0 Å². The summed E-state index contributed by atoms with van der Waals surface area (Å²) in [5.41, 5.74) is 35.5. The van der Waals surface area contributed by atoms with Gasteiger partial charge in [0.05, 0.1) is 77.2 Å². The first-order valence-corrected chi connectivity index (χ1v) is 49.6. The Bertz CT molecular complexity index is 9630. The van der Waals surface area contributed by atoms with E-state index < -0.39 is 0 Å². The fraction of sp³-hybridized carbons (Fsp3) is 0. The Morgan fingerprint density at radius 2 is 0.283 bits per heavy atom. The van der Waals surface area contributed by atoms with Crippen LogP contribution in [0.1, 0.15) is 0 Å². The van der Waals surface area contributed by atoms with E-state index in [-0.39, 0.29) is 0 Å². The van der Waals surface area contributed by atoms with Gasteiger partial charge in [-0.2, -0.15) is 9.97 Å². The molecule has 0 saturated carbocycles. The summed E-state index contributed by atoms with van der Waals surface area (Å²) >= 11 is 0. The fourth-order valence-corrected chi connectivity index (χ4v) is 22.7. The van der Waals surface area contributed by atoms with Gasteiger partial charge in [0.2, 0.25) is 5.95 Å². The van der Waals surface area contributed by atoms with E-state index in [2.05, 4.69) is 572 Å². The van der Waals surface area contributed by atoms with E-state index >= 15 is 0 Å². The standard InChI is InChI=1S/2C48H32N2.C40H25N5/c1-3-12-33(13-4-1)35-22-26-39(27-23-35)49-45-20-9-7-18-41(45)43-31-37(24-28-47(43)49)38-25-29-48-44(32-38)42-19-8-10-21-46(42)50(48)40-17-11-16-36(30-40)34-14-5-2-6-15-34;1-3-11-33(12-4-1)35-19-25-39(26-20-35)49-45-17-9-7-15-41(45)43-31-37(23-29-47(43)49)38-24-30-48-44(32-38)42-16-8-10-18-46(42)50(48)40-27-21-36(22-28-40)34-13-5-2-6-14-34;1-7-19-32-26(13-1)27-14-2-8-20-33(27)43(32)38-25-39(44-34-21-9-3-15-28(34)29-16-4-10-22-35(29)44)42-40(41-38)45-36-23-11-5-17-30(36)31-18-6-12-24-37(31)45/h2*1-32H;1-25H. The van der Waals surface area contributed by atoms with Crippen molar-refractivity contribution in [2.24, 2.45) is 0 Å². The monoisotopic (exact) mass is 1850 g/mol. The zero-order valence-corrected chi connectivity index (χ0v) is 78.9. The average molecular weight is 1850 g/mol. The molecule has 145 heavy (non-hydrogen) atoms. The first-order chi connectivity index (χ1) is 71.9. The molecule has 0 aliphatic heterocycles. The molecule has 0 atom stereocenters. The molecule has 0 fully saturated rings. The number of para-hydroxylation sites is 10. The Hall–Kier alpha value is -19.5. The van der Waals surface area contributed by atoms with E-state index in [1.807, 2.05) is 0 Å². The van der Waals surface area contributed by atoms with Crippen LogP contribution in [-0.4, -0.2) is 41.9 Å². The SMILES string of the molecule is c1ccc(-c2ccc(-n3c4ccccc4c4cc(-c5ccc6c(c5)c5ccccc5n6-c5ccc(-c6ccccc6)cc5)ccc43)cc2)cc1.c1ccc(-c2ccc(-n3c4ccccc4c4cc(-c5ccc6c(c5)c5ccccc5n6-c5cccc(-c6ccccc6)c5)ccc43)cc2)cc1.c1ccc2c(c1)c1ccccc1n2-c1cc(-n2c3ccccc3c3ccccc32)nc(-n2c3ccccc3c3ccccc32)n1. The van der Waals surface area contributed by atoms with Crippen molar-refractivity contribution in [2.75, 3.05) is 0 Å². The van der Waals surface area contributed by atoms with E-state index in [0.717, 1.165) is 67.5 Å². The fourth-order valence-electron chi connectivity index (χ4n) is 22.7. The minimum absolute atomic E-state index is 0.628. The number of hydrogen-bond donors (Lipinski definition) is 0. The molecule has 9 nitrogen and oxygen atoms in total. The molecular weight excluding hydrogens is 1760 g/mol. The van der Waals surface area contributed by atoms with Crippen LogP contribution in [0.25, 0.3) is 260 Å². The number of aromatic nitrogens is 9. The minimum Gasteiger partial charge on any atom is -0.309 e. The Balaban J connectivity index is 0.000000106. The molecule has 0 aliphatic carbocycles. The third kappa shape index (κ3) is 14.2. The zero-order chi connectivity index (χ0) is 95.5. The van der Waals surface area contributed by atoms with E-state index in [1.54, 1.807) is 0 Å². The molecule has 0 radical (unpaired) electrons. The average Bonchev–Trinajstić information content (AvgIpc) is 1.57. The van der Waals surface area contributed by atoms with E-state index in [9.17, 15) is 0 Å². The molecule has 0 amide bonds. The Morgan fingerprint density at radius 1 is 0.103 bits per heavy atom. The maximum atomic E-state index is 5.39. The summed E-state index contributed by atoms with van der Waals surface area (Å²) in [4.78, 5) is 10.8. The smallest absolute Gasteiger partial charge is 0.238 e. The first-order valence-electron chi connectivity index (χ1n) is 49.6. The van der Waals surface area contributed by atoms with Gasteiger partial charge in [-0.3, -0.25) is 13.7 Å². The predicted octanol–water partition coefficient (Wildman–Crippen LogP) is 35.5. The predicted molar refractivity (Wildman–Crippen MR) is 608 cm³/mol. The van der Waals surface area contributed by atoms with Gasteiger partial charge in [-0.25, -0.2) is 0 Å². The van der Waals surface area contributed by atoms with Gasteiger partial charge >= 0.3 is 0 Å². The number of benzene rings is 22. The van der Waals surface area contributed by atoms with Crippen LogP contribution in [0.15, 0.2) is 540 Å². The van der Waals surface area contributed by atoms with Gasteiger partial charge < -0.3 is 18.3 Å². The first kappa shape index (κ1) is 83.7. The maximum absolute atomic E-state index is 5.39. The summed E-state index contributed by atoms with van der Waals surface area (Å²) in [7, 11) is 0. The molecule has 9 heteroatoms. The van der Waals surface area contributed by atoms with Crippen molar-refractivity contribution in [1.82, 2.24) is 41.9 Å². The molecule has 0 spiro atoms. The lowest BCUT2D eigenvalue weighted by Crippen LogP contribution is -2.10. The normalized spacial score (nSPS) is 11.7. The van der Waals surface area contributed by atoms with Crippen molar-refractivity contribution < 1.29 is 0 Å². The Labute approximate surface area is 835 Å². The van der Waals surface area contributed by atoms with Crippen LogP contribution in [0, 0.1) is 0 Å². The zero-order valence-electron chi connectivity index (χ0n) is 78.9. The summed E-state index contributed by atoms with van der Waals surface area (Å²) in [6.45, 7) is 0. The van der Waals surface area contributed by atoms with E-state index in [0.29, 0.717) is 5.95 Å². The third-order valence-electron chi connectivity index (χ3n) is 29.4. The number of rotatable bonds is 13. The van der Waals surface area contributed by atoms with Crippen LogP contribution in [-0.2, 0) is 0 Å². The lowest BCUT2D eigenvalue weighted by atomic mass is 10.0. The largest absolute Gasteiger partial charge is 0.309 e. The molecule has 8 aromatic heterocycles. The second kappa shape index (κ2) is 34.8. The molecule has 0 bridgehead atoms. The van der Waals surface area contributed by atoms with Crippen LogP contribution in [0.2, 0.25) is 0 Å². The van der Waals surface area contributed by atoms with Crippen LogP contribution in [0.4, 0.5) is 0 Å². The molecule has 30 aromatic rings. The number of hydrogen-bond acceptors (Lipinski definition) is 2. The summed E-state index contributed by atoms with van der Waals surface area (Å²) in [6.07, 6.45) is 0. The number of nitrogens with zero attached hydrogens (tertiary/aromatic N) is 9. The second-order valence-electron chi connectivity index (χ2n) is 37.5.